The van der Waals surface area contributed by atoms with E-state index in [4.69, 9.17) is 0 Å². The maximum absolute atomic E-state index is 13.3. The largest absolute Gasteiger partial charge is 0.235 e. The number of hydrogen-bond donors (Lipinski definition) is 0. The molecule has 0 aliphatic carbocycles. The van der Waals surface area contributed by atoms with Crippen molar-refractivity contribution in [1.29, 1.82) is 0 Å². The van der Waals surface area contributed by atoms with Gasteiger partial charge in [0.05, 0.1) is 10.2 Å². The lowest BCUT2D eigenvalue weighted by molar-refractivity contribution is 0.172. The summed E-state index contributed by atoms with van der Waals surface area (Å²) in [6.07, 6.45) is 4.33. The summed E-state index contributed by atoms with van der Waals surface area (Å²) in [7, 11) is -1.22. The number of aromatic nitrogens is 1. The standard InChI is InChI=1S/C18H28N2OS2/c1-6-8-13-18(4,5)20(14(3)7-2)23(21)17-19-15-11-9-10-12-16(15)22-17/h9-12,14H,6-8,13H2,1-5H3. The zero-order valence-corrected chi connectivity index (χ0v) is 16.5. The van der Waals surface area contributed by atoms with Crippen molar-refractivity contribution in [2.75, 3.05) is 0 Å². The van der Waals surface area contributed by atoms with Crippen LogP contribution >= 0.6 is 11.3 Å². The first kappa shape index (κ1) is 18.6. The van der Waals surface area contributed by atoms with Gasteiger partial charge in [-0.1, -0.05) is 38.8 Å². The highest BCUT2D eigenvalue weighted by Gasteiger charge is 2.35. The molecule has 0 saturated heterocycles. The lowest BCUT2D eigenvalue weighted by Crippen LogP contribution is -2.49. The van der Waals surface area contributed by atoms with Crippen LogP contribution in [0.15, 0.2) is 28.6 Å². The molecule has 2 unspecified atom stereocenters. The van der Waals surface area contributed by atoms with Gasteiger partial charge < -0.3 is 0 Å². The van der Waals surface area contributed by atoms with Crippen molar-refractivity contribution >= 4 is 32.5 Å². The van der Waals surface area contributed by atoms with Gasteiger partial charge in [-0.05, 0) is 45.7 Å². The Hall–Kier alpha value is -0.780. The molecular weight excluding hydrogens is 324 g/mol. The van der Waals surface area contributed by atoms with Gasteiger partial charge in [0.1, 0.15) is 0 Å². The van der Waals surface area contributed by atoms with Crippen LogP contribution in [-0.4, -0.2) is 25.1 Å². The summed E-state index contributed by atoms with van der Waals surface area (Å²) in [5.74, 6) is 0. The Kier molecular flexibility index (Phi) is 6.34. The van der Waals surface area contributed by atoms with E-state index in [9.17, 15) is 4.21 Å². The molecule has 128 valence electrons. The summed E-state index contributed by atoms with van der Waals surface area (Å²) < 4.78 is 17.3. The van der Waals surface area contributed by atoms with Crippen molar-refractivity contribution in [2.24, 2.45) is 0 Å². The van der Waals surface area contributed by atoms with E-state index in [1.807, 2.05) is 24.3 Å². The fourth-order valence-electron chi connectivity index (χ4n) is 2.88. The van der Waals surface area contributed by atoms with Crippen LogP contribution in [0.3, 0.4) is 0 Å². The van der Waals surface area contributed by atoms with Crippen LogP contribution in [0.1, 0.15) is 60.3 Å². The molecule has 0 amide bonds. The number of hydrogen-bond acceptors (Lipinski definition) is 3. The summed E-state index contributed by atoms with van der Waals surface area (Å²) in [6.45, 7) is 10.9. The van der Waals surface area contributed by atoms with E-state index in [1.54, 1.807) is 11.3 Å². The van der Waals surface area contributed by atoms with Crippen LogP contribution in [0.2, 0.25) is 0 Å². The van der Waals surface area contributed by atoms with Crippen molar-refractivity contribution in [3.8, 4) is 0 Å². The number of nitrogens with zero attached hydrogens (tertiary/aromatic N) is 2. The molecule has 0 saturated carbocycles. The van der Waals surface area contributed by atoms with E-state index in [-0.39, 0.29) is 11.6 Å². The third kappa shape index (κ3) is 4.20. The summed E-state index contributed by atoms with van der Waals surface area (Å²) in [4.78, 5) is 4.62. The Morgan fingerprint density at radius 1 is 1.30 bits per heavy atom. The Morgan fingerprint density at radius 3 is 2.61 bits per heavy atom. The minimum Gasteiger partial charge on any atom is -0.235 e. The highest BCUT2D eigenvalue weighted by Crippen LogP contribution is 2.32. The third-order valence-electron chi connectivity index (χ3n) is 4.33. The second-order valence-electron chi connectivity index (χ2n) is 6.70. The third-order valence-corrected chi connectivity index (χ3v) is 7.44. The number of fused-ring (bicyclic) bond motifs is 1. The van der Waals surface area contributed by atoms with Crippen LogP contribution in [0.25, 0.3) is 10.2 Å². The minimum absolute atomic E-state index is 0.103. The van der Waals surface area contributed by atoms with Crippen molar-refractivity contribution < 1.29 is 4.21 Å². The maximum Gasteiger partial charge on any atom is 0.197 e. The van der Waals surface area contributed by atoms with Crippen molar-refractivity contribution in [2.45, 2.75) is 76.2 Å². The SMILES string of the molecule is CCCCC(C)(C)N(C(C)CC)S(=O)c1nc2ccccc2s1. The molecule has 23 heavy (non-hydrogen) atoms. The molecular formula is C18H28N2OS2. The molecule has 0 aliphatic rings. The average Bonchev–Trinajstić information content (AvgIpc) is 2.96. The van der Waals surface area contributed by atoms with Crippen LogP contribution in [0, 0.1) is 0 Å². The van der Waals surface area contributed by atoms with Gasteiger partial charge in [0.15, 0.2) is 15.3 Å². The molecule has 3 nitrogen and oxygen atoms in total. The fourth-order valence-corrected chi connectivity index (χ4v) is 5.73. The second kappa shape index (κ2) is 7.86. The molecule has 0 fully saturated rings. The Balaban J connectivity index is 2.36. The van der Waals surface area contributed by atoms with Gasteiger partial charge in [0, 0.05) is 11.6 Å². The van der Waals surface area contributed by atoms with E-state index in [0.29, 0.717) is 0 Å². The predicted octanol–water partition coefficient (Wildman–Crippen LogP) is 5.39. The van der Waals surface area contributed by atoms with Crippen molar-refractivity contribution in [3.63, 3.8) is 0 Å². The number of benzene rings is 1. The maximum atomic E-state index is 13.3. The monoisotopic (exact) mass is 352 g/mol. The highest BCUT2D eigenvalue weighted by atomic mass is 32.2. The number of rotatable bonds is 8. The summed E-state index contributed by atoms with van der Waals surface area (Å²) in [5, 5.41) is 0. The topological polar surface area (TPSA) is 33.2 Å². The van der Waals surface area contributed by atoms with E-state index in [1.165, 1.54) is 0 Å². The van der Waals surface area contributed by atoms with Gasteiger partial charge in [-0.15, -0.1) is 11.3 Å². The minimum atomic E-state index is -1.22. The normalized spacial score (nSPS) is 15.2. The molecule has 5 heteroatoms. The molecule has 0 spiro atoms. The first-order valence-corrected chi connectivity index (χ1v) is 10.4. The summed E-state index contributed by atoms with van der Waals surface area (Å²) in [5.41, 5.74) is 0.838. The Labute approximate surface area is 146 Å². The molecule has 0 radical (unpaired) electrons. The lowest BCUT2D eigenvalue weighted by Gasteiger charge is -2.40. The first-order valence-electron chi connectivity index (χ1n) is 8.47. The van der Waals surface area contributed by atoms with E-state index in [0.717, 1.165) is 40.2 Å². The van der Waals surface area contributed by atoms with E-state index >= 15 is 0 Å². The molecule has 1 aromatic heterocycles. The fraction of sp³-hybridized carbons (Fsp3) is 0.611. The van der Waals surface area contributed by atoms with Gasteiger partial charge in [-0.2, -0.15) is 0 Å². The number of para-hydroxylation sites is 1. The predicted molar refractivity (Wildman–Crippen MR) is 101 cm³/mol. The molecule has 0 bridgehead atoms. The molecule has 0 N–H and O–H groups in total. The van der Waals surface area contributed by atoms with Gasteiger partial charge in [-0.3, -0.25) is 0 Å². The zero-order chi connectivity index (χ0) is 17.0. The first-order chi connectivity index (χ1) is 10.9. The van der Waals surface area contributed by atoms with Crippen molar-refractivity contribution in [1.82, 2.24) is 9.29 Å². The van der Waals surface area contributed by atoms with Gasteiger partial charge in [-0.25, -0.2) is 13.5 Å². The Bertz CT molecular complexity index is 633. The van der Waals surface area contributed by atoms with Gasteiger partial charge in [0.2, 0.25) is 0 Å². The van der Waals surface area contributed by atoms with Gasteiger partial charge in [0.25, 0.3) is 0 Å². The molecule has 1 heterocycles. The van der Waals surface area contributed by atoms with Crippen LogP contribution in [0.4, 0.5) is 0 Å². The zero-order valence-electron chi connectivity index (χ0n) is 14.8. The average molecular weight is 353 g/mol. The molecule has 2 rings (SSSR count). The van der Waals surface area contributed by atoms with Crippen LogP contribution in [-0.2, 0) is 11.0 Å². The van der Waals surface area contributed by atoms with E-state index < -0.39 is 11.0 Å². The number of thiazole rings is 1. The van der Waals surface area contributed by atoms with E-state index in [2.05, 4.69) is 43.9 Å². The molecule has 2 atom stereocenters. The molecule has 0 aliphatic heterocycles. The van der Waals surface area contributed by atoms with Gasteiger partial charge >= 0.3 is 0 Å². The van der Waals surface area contributed by atoms with Crippen LogP contribution < -0.4 is 0 Å². The smallest absolute Gasteiger partial charge is 0.197 e. The molecule has 1 aromatic carbocycles. The number of unbranched alkanes of at least 4 members (excludes halogenated alkanes) is 1. The van der Waals surface area contributed by atoms with Crippen LogP contribution in [0.5, 0.6) is 0 Å². The lowest BCUT2D eigenvalue weighted by atomic mass is 9.96. The second-order valence-corrected chi connectivity index (χ2v) is 9.26. The summed E-state index contributed by atoms with van der Waals surface area (Å²) in [6, 6.07) is 8.28. The van der Waals surface area contributed by atoms with Crippen molar-refractivity contribution in [3.05, 3.63) is 24.3 Å². The molecule has 2 aromatic rings. The quantitative estimate of drug-likeness (QED) is 0.638. The highest BCUT2D eigenvalue weighted by molar-refractivity contribution is 7.85. The summed E-state index contributed by atoms with van der Waals surface area (Å²) >= 11 is 1.55. The Morgan fingerprint density at radius 2 is 2.00 bits per heavy atom.